The van der Waals surface area contributed by atoms with Crippen molar-refractivity contribution in [2.75, 3.05) is 6.61 Å². The summed E-state index contributed by atoms with van der Waals surface area (Å²) in [6.07, 6.45) is 2.64. The molecule has 0 heterocycles. The molecule has 3 nitrogen and oxygen atoms in total. The highest BCUT2D eigenvalue weighted by atomic mass is 35.5. The molecule has 19 heavy (non-hydrogen) atoms. The van der Waals surface area contributed by atoms with Gasteiger partial charge in [0.25, 0.3) is 0 Å². The molecule has 0 aliphatic carbocycles. The van der Waals surface area contributed by atoms with Crippen LogP contribution in [0.1, 0.15) is 16.7 Å². The van der Waals surface area contributed by atoms with Gasteiger partial charge < -0.3 is 9.84 Å². The highest BCUT2D eigenvalue weighted by Crippen LogP contribution is 2.26. The molecule has 0 radical (unpaired) electrons. The molecule has 0 fully saturated rings. The van der Waals surface area contributed by atoms with Crippen LogP contribution in [-0.4, -0.2) is 17.7 Å². The number of aryl methyl sites for hydroxylation is 2. The number of hydrogen-bond donors (Lipinski definition) is 1. The van der Waals surface area contributed by atoms with Gasteiger partial charge in [0.05, 0.1) is 5.03 Å². The van der Waals surface area contributed by atoms with E-state index in [4.69, 9.17) is 33.0 Å². The summed E-state index contributed by atoms with van der Waals surface area (Å²) in [7, 11) is 0. The molecule has 0 aliphatic rings. The Kier molecular flexibility index (Phi) is 5.93. The second kappa shape index (κ2) is 7.22. The molecule has 102 valence electrons. The van der Waals surface area contributed by atoms with Crippen LogP contribution in [0.2, 0.25) is 0 Å². The third-order valence-electron chi connectivity index (χ3n) is 2.37. The smallest absolute Gasteiger partial charge is 0.328 e. The van der Waals surface area contributed by atoms with Crippen LogP contribution in [0.4, 0.5) is 0 Å². The molecule has 0 spiro atoms. The number of benzene rings is 1. The van der Waals surface area contributed by atoms with Crippen molar-refractivity contribution < 1.29 is 14.6 Å². The predicted octanol–water partition coefficient (Wildman–Crippen LogP) is 4.10. The van der Waals surface area contributed by atoms with E-state index >= 15 is 0 Å². The highest BCUT2D eigenvalue weighted by molar-refractivity contribution is 6.36. The molecule has 0 saturated carbocycles. The van der Waals surface area contributed by atoms with Crippen molar-refractivity contribution in [3.05, 3.63) is 45.5 Å². The van der Waals surface area contributed by atoms with E-state index in [1.165, 1.54) is 11.6 Å². The lowest BCUT2D eigenvalue weighted by atomic mass is 10.1. The lowest BCUT2D eigenvalue weighted by molar-refractivity contribution is -0.131. The minimum atomic E-state index is -0.977. The average molecular weight is 301 g/mol. The minimum absolute atomic E-state index is 0.205. The Morgan fingerprint density at radius 3 is 2.42 bits per heavy atom. The molecule has 1 N–H and O–H groups in total. The van der Waals surface area contributed by atoms with Crippen LogP contribution in [0, 0.1) is 13.8 Å². The Hall–Kier alpha value is -1.45. The zero-order valence-electron chi connectivity index (χ0n) is 10.6. The lowest BCUT2D eigenvalue weighted by Crippen LogP contribution is -2.01. The molecule has 0 amide bonds. The maximum atomic E-state index is 10.5. The van der Waals surface area contributed by atoms with Gasteiger partial charge >= 0.3 is 5.97 Å². The predicted molar refractivity (Wildman–Crippen MR) is 77.9 cm³/mol. The van der Waals surface area contributed by atoms with Gasteiger partial charge in [-0.15, -0.1) is 0 Å². The van der Waals surface area contributed by atoms with Crippen molar-refractivity contribution in [3.8, 4) is 5.75 Å². The third kappa shape index (κ3) is 4.97. The van der Waals surface area contributed by atoms with Gasteiger partial charge in [-0.25, -0.2) is 4.79 Å². The van der Waals surface area contributed by atoms with Gasteiger partial charge in [-0.05, 0) is 48.7 Å². The Morgan fingerprint density at radius 1 is 1.37 bits per heavy atom. The summed E-state index contributed by atoms with van der Waals surface area (Å²) in [6, 6.07) is 3.69. The first kappa shape index (κ1) is 15.6. The van der Waals surface area contributed by atoms with E-state index in [-0.39, 0.29) is 6.61 Å². The largest absolute Gasteiger partial charge is 0.487 e. The number of carbonyl (C=O) groups is 1. The van der Waals surface area contributed by atoms with E-state index in [0.29, 0.717) is 5.03 Å². The molecule has 5 heteroatoms. The van der Waals surface area contributed by atoms with Crippen LogP contribution in [0.5, 0.6) is 5.75 Å². The molecular formula is C14H14Cl2O3. The fourth-order valence-corrected chi connectivity index (χ4v) is 1.77. The second-order valence-electron chi connectivity index (χ2n) is 4.00. The number of halogens is 2. The van der Waals surface area contributed by atoms with Crippen molar-refractivity contribution in [2.45, 2.75) is 13.8 Å². The molecular weight excluding hydrogens is 287 g/mol. The molecule has 1 aromatic carbocycles. The SMILES string of the molecule is Cc1cc(C=CC(=O)O)cc(C)c1OCC(Cl)=CCl. The molecule has 0 aliphatic heterocycles. The van der Waals surface area contributed by atoms with E-state index in [1.807, 2.05) is 26.0 Å². The van der Waals surface area contributed by atoms with Gasteiger partial charge in [-0.2, -0.15) is 0 Å². The van der Waals surface area contributed by atoms with E-state index in [0.717, 1.165) is 28.5 Å². The van der Waals surface area contributed by atoms with Gasteiger partial charge in [0.15, 0.2) is 0 Å². The van der Waals surface area contributed by atoms with Crippen molar-refractivity contribution in [1.82, 2.24) is 0 Å². The van der Waals surface area contributed by atoms with Gasteiger partial charge in [0.2, 0.25) is 0 Å². The molecule has 0 aromatic heterocycles. The first-order chi connectivity index (χ1) is 8.93. The van der Waals surface area contributed by atoms with Gasteiger partial charge in [0, 0.05) is 11.6 Å². The lowest BCUT2D eigenvalue weighted by Gasteiger charge is -2.12. The quantitative estimate of drug-likeness (QED) is 0.833. The van der Waals surface area contributed by atoms with E-state index in [9.17, 15) is 4.79 Å². The van der Waals surface area contributed by atoms with Crippen LogP contribution in [0.3, 0.4) is 0 Å². The zero-order chi connectivity index (χ0) is 14.4. The zero-order valence-corrected chi connectivity index (χ0v) is 12.1. The Balaban J connectivity index is 2.94. The van der Waals surface area contributed by atoms with Crippen molar-refractivity contribution in [1.29, 1.82) is 0 Å². The number of aliphatic carboxylic acids is 1. The fourth-order valence-electron chi connectivity index (χ4n) is 1.65. The number of ether oxygens (including phenoxy) is 1. The summed E-state index contributed by atoms with van der Waals surface area (Å²) in [5.41, 5.74) is 3.88. The van der Waals surface area contributed by atoms with Crippen LogP contribution >= 0.6 is 23.2 Å². The Morgan fingerprint density at radius 2 is 1.95 bits per heavy atom. The third-order valence-corrected chi connectivity index (χ3v) is 2.97. The summed E-state index contributed by atoms with van der Waals surface area (Å²) in [4.78, 5) is 10.5. The summed E-state index contributed by atoms with van der Waals surface area (Å²) >= 11 is 11.2. The van der Waals surface area contributed by atoms with Crippen LogP contribution in [-0.2, 0) is 4.79 Å². The first-order valence-electron chi connectivity index (χ1n) is 5.54. The summed E-state index contributed by atoms with van der Waals surface area (Å²) in [5, 5.41) is 9.01. The van der Waals surface area contributed by atoms with Crippen molar-refractivity contribution in [3.63, 3.8) is 0 Å². The number of carboxylic acids is 1. The van der Waals surface area contributed by atoms with E-state index in [2.05, 4.69) is 0 Å². The molecule has 1 aromatic rings. The van der Waals surface area contributed by atoms with Gasteiger partial charge in [-0.3, -0.25) is 0 Å². The molecule has 0 saturated heterocycles. The van der Waals surface area contributed by atoms with Crippen LogP contribution in [0.25, 0.3) is 6.08 Å². The van der Waals surface area contributed by atoms with Gasteiger partial charge in [-0.1, -0.05) is 23.2 Å². The van der Waals surface area contributed by atoms with E-state index < -0.39 is 5.97 Å². The molecule has 0 bridgehead atoms. The van der Waals surface area contributed by atoms with Crippen molar-refractivity contribution >= 4 is 35.2 Å². The minimum Gasteiger partial charge on any atom is -0.487 e. The average Bonchev–Trinajstić information content (AvgIpc) is 2.34. The maximum Gasteiger partial charge on any atom is 0.328 e. The van der Waals surface area contributed by atoms with E-state index in [1.54, 1.807) is 0 Å². The summed E-state index contributed by atoms with van der Waals surface area (Å²) in [5.74, 6) is -0.251. The Bertz CT molecular complexity index is 510. The standard InChI is InChI=1S/C14H14Cl2O3/c1-9-5-11(3-4-13(17)18)6-10(2)14(9)19-8-12(16)7-15/h3-7H,8H2,1-2H3,(H,17,18). The highest BCUT2D eigenvalue weighted by Gasteiger charge is 2.06. The van der Waals surface area contributed by atoms with Gasteiger partial charge in [0.1, 0.15) is 12.4 Å². The Labute approximate surface area is 122 Å². The topological polar surface area (TPSA) is 46.5 Å². The number of rotatable bonds is 5. The summed E-state index contributed by atoms with van der Waals surface area (Å²) < 4.78 is 5.58. The normalized spacial score (nSPS) is 11.9. The molecule has 0 atom stereocenters. The van der Waals surface area contributed by atoms with Crippen LogP contribution in [0.15, 0.2) is 28.8 Å². The maximum absolute atomic E-state index is 10.5. The van der Waals surface area contributed by atoms with Crippen LogP contribution < -0.4 is 4.74 Å². The van der Waals surface area contributed by atoms with Crippen molar-refractivity contribution in [2.24, 2.45) is 0 Å². The monoisotopic (exact) mass is 300 g/mol. The second-order valence-corrected chi connectivity index (χ2v) is 4.70. The first-order valence-corrected chi connectivity index (χ1v) is 6.35. The fraction of sp³-hybridized carbons (Fsp3) is 0.214. The number of carboxylic acid groups (broad SMARTS) is 1. The summed E-state index contributed by atoms with van der Waals surface area (Å²) in [6.45, 7) is 3.98. The molecule has 0 unspecified atom stereocenters. The molecule has 1 rings (SSSR count). The number of hydrogen-bond acceptors (Lipinski definition) is 2.